The van der Waals surface area contributed by atoms with Crippen LogP contribution in [0.4, 0.5) is 0 Å². The van der Waals surface area contributed by atoms with Crippen molar-refractivity contribution in [2.45, 2.75) is 31.8 Å². The zero-order valence-electron chi connectivity index (χ0n) is 15.8. The fourth-order valence-corrected chi connectivity index (χ4v) is 3.94. The number of hydrogen-bond acceptors (Lipinski definition) is 5. The Kier molecular flexibility index (Phi) is 5.22. The highest BCUT2D eigenvalue weighted by atomic mass is 35.5. The number of hydrogen-bond donors (Lipinski definition) is 1. The van der Waals surface area contributed by atoms with Gasteiger partial charge in [0, 0.05) is 23.6 Å². The van der Waals surface area contributed by atoms with Gasteiger partial charge in [-0.15, -0.1) is 0 Å². The molecule has 0 saturated heterocycles. The molecule has 8 heteroatoms. The molecule has 0 aromatic heterocycles. The van der Waals surface area contributed by atoms with E-state index in [1.807, 2.05) is 0 Å². The van der Waals surface area contributed by atoms with Crippen LogP contribution in [0.3, 0.4) is 0 Å². The van der Waals surface area contributed by atoms with E-state index in [1.165, 1.54) is 6.07 Å². The van der Waals surface area contributed by atoms with E-state index in [1.54, 1.807) is 36.4 Å². The van der Waals surface area contributed by atoms with Gasteiger partial charge in [0.25, 0.3) is 17.7 Å². The third-order valence-electron chi connectivity index (χ3n) is 5.33. The summed E-state index contributed by atoms with van der Waals surface area (Å²) in [5.41, 5.74) is 1.27. The third-order valence-corrected chi connectivity index (χ3v) is 5.58. The van der Waals surface area contributed by atoms with Crippen LogP contribution < -0.4 is 5.32 Å². The zero-order chi connectivity index (χ0) is 21.4. The lowest BCUT2D eigenvalue weighted by molar-refractivity contribution is -0.132. The molecule has 1 saturated carbocycles. The average Bonchev–Trinajstić information content (AvgIpc) is 2.98. The van der Waals surface area contributed by atoms with Crippen LogP contribution in [0.25, 0.3) is 0 Å². The molecule has 1 unspecified atom stereocenters. The summed E-state index contributed by atoms with van der Waals surface area (Å²) in [6.45, 7) is 0.0363. The number of Topliss-reactive ketones (excluding diaryl/α,β-unsaturated/α-hetero) is 2. The smallest absolute Gasteiger partial charge is 0.262 e. The minimum absolute atomic E-state index is 0.0363. The first-order valence-corrected chi connectivity index (χ1v) is 9.82. The third kappa shape index (κ3) is 3.52. The molecule has 2 aliphatic rings. The van der Waals surface area contributed by atoms with Gasteiger partial charge in [-0.05, 0) is 42.3 Å². The van der Waals surface area contributed by atoms with Crippen molar-refractivity contribution in [3.63, 3.8) is 0 Å². The van der Waals surface area contributed by atoms with Gasteiger partial charge in [0.05, 0.1) is 23.6 Å². The minimum Gasteiger partial charge on any atom is -0.348 e. The summed E-state index contributed by atoms with van der Waals surface area (Å²) in [6.07, 6.45) is 0.0433. The predicted molar refractivity (Wildman–Crippen MR) is 107 cm³/mol. The van der Waals surface area contributed by atoms with Crippen molar-refractivity contribution in [2.75, 3.05) is 0 Å². The maximum absolute atomic E-state index is 13.0. The molecule has 1 fully saturated rings. The number of fused-ring (bicyclic) bond motifs is 1. The zero-order valence-corrected chi connectivity index (χ0v) is 16.6. The van der Waals surface area contributed by atoms with Gasteiger partial charge in [-0.3, -0.25) is 28.9 Å². The molecule has 7 nitrogen and oxygen atoms in total. The lowest BCUT2D eigenvalue weighted by atomic mass is 9.92. The molecule has 2 aromatic rings. The molecular formula is C22H17ClN2O5. The van der Waals surface area contributed by atoms with Crippen LogP contribution in [0.5, 0.6) is 0 Å². The number of imide groups is 1. The van der Waals surface area contributed by atoms with Crippen molar-refractivity contribution in [3.8, 4) is 0 Å². The number of halogens is 1. The van der Waals surface area contributed by atoms with E-state index in [-0.39, 0.29) is 48.6 Å². The summed E-state index contributed by atoms with van der Waals surface area (Å²) in [5.74, 6) is -2.07. The SMILES string of the molecule is O=C1CCC(N2C(=O)c3cccc(CNC(=O)c4ccc(Cl)cc4)c3C2=O)C(=O)C1. The number of carbonyl (C=O) groups excluding carboxylic acids is 5. The van der Waals surface area contributed by atoms with E-state index in [4.69, 9.17) is 11.6 Å². The van der Waals surface area contributed by atoms with E-state index in [0.717, 1.165) is 4.90 Å². The molecule has 1 aliphatic heterocycles. The first-order chi connectivity index (χ1) is 14.4. The normalized spacial score (nSPS) is 18.6. The van der Waals surface area contributed by atoms with E-state index < -0.39 is 23.6 Å². The largest absolute Gasteiger partial charge is 0.348 e. The van der Waals surface area contributed by atoms with Crippen molar-refractivity contribution < 1.29 is 24.0 Å². The first-order valence-electron chi connectivity index (χ1n) is 9.45. The molecule has 1 aliphatic carbocycles. The molecule has 0 spiro atoms. The Bertz CT molecular complexity index is 1090. The molecule has 30 heavy (non-hydrogen) atoms. The van der Waals surface area contributed by atoms with Gasteiger partial charge in [-0.2, -0.15) is 0 Å². The minimum atomic E-state index is -0.924. The second kappa shape index (κ2) is 7.84. The van der Waals surface area contributed by atoms with Gasteiger partial charge in [0.15, 0.2) is 5.78 Å². The number of nitrogens with one attached hydrogen (secondary N) is 1. The molecular weight excluding hydrogens is 408 g/mol. The Labute approximate surface area is 177 Å². The average molecular weight is 425 g/mol. The number of benzene rings is 2. The maximum atomic E-state index is 13.0. The standard InChI is InChI=1S/C22H17ClN2O5/c23-14-6-4-12(5-7-14)20(28)24-11-13-2-1-3-16-19(13)22(30)25(21(16)29)17-9-8-15(26)10-18(17)27/h1-7,17H,8-11H2,(H,24,28). The monoisotopic (exact) mass is 424 g/mol. The second-order valence-electron chi connectivity index (χ2n) is 7.25. The summed E-state index contributed by atoms with van der Waals surface area (Å²) in [5, 5.41) is 3.24. The highest BCUT2D eigenvalue weighted by molar-refractivity contribution is 6.30. The van der Waals surface area contributed by atoms with Crippen LogP contribution in [-0.2, 0) is 16.1 Å². The molecule has 4 rings (SSSR count). The van der Waals surface area contributed by atoms with Gasteiger partial charge in [-0.25, -0.2) is 0 Å². The quantitative estimate of drug-likeness (QED) is 0.600. The van der Waals surface area contributed by atoms with Crippen molar-refractivity contribution >= 4 is 40.9 Å². The summed E-state index contributed by atoms with van der Waals surface area (Å²) in [6, 6.07) is 10.3. The first kappa shape index (κ1) is 20.0. The number of rotatable bonds is 4. The van der Waals surface area contributed by atoms with E-state index in [9.17, 15) is 24.0 Å². The van der Waals surface area contributed by atoms with Crippen LogP contribution in [0.1, 0.15) is 55.9 Å². The van der Waals surface area contributed by atoms with Gasteiger partial charge < -0.3 is 5.32 Å². The Morgan fingerprint density at radius 1 is 1.03 bits per heavy atom. The topological polar surface area (TPSA) is 101 Å². The summed E-state index contributed by atoms with van der Waals surface area (Å²) in [7, 11) is 0. The fourth-order valence-electron chi connectivity index (χ4n) is 3.81. The highest BCUT2D eigenvalue weighted by Crippen LogP contribution is 2.31. The Hall–Kier alpha value is -3.32. The van der Waals surface area contributed by atoms with Gasteiger partial charge >= 0.3 is 0 Å². The molecule has 152 valence electrons. The molecule has 1 heterocycles. The molecule has 1 N–H and O–H groups in total. The van der Waals surface area contributed by atoms with E-state index in [2.05, 4.69) is 5.32 Å². The van der Waals surface area contributed by atoms with Gasteiger partial charge in [-0.1, -0.05) is 23.7 Å². The predicted octanol–water partition coefficient (Wildman–Crippen LogP) is 2.56. The van der Waals surface area contributed by atoms with Crippen LogP contribution in [0.2, 0.25) is 5.02 Å². The lowest BCUT2D eigenvalue weighted by Crippen LogP contribution is -2.47. The van der Waals surface area contributed by atoms with E-state index >= 15 is 0 Å². The highest BCUT2D eigenvalue weighted by Gasteiger charge is 2.45. The van der Waals surface area contributed by atoms with Crippen molar-refractivity contribution in [1.82, 2.24) is 10.2 Å². The van der Waals surface area contributed by atoms with Crippen LogP contribution >= 0.6 is 11.6 Å². The summed E-state index contributed by atoms with van der Waals surface area (Å²) >= 11 is 5.83. The van der Waals surface area contributed by atoms with Crippen molar-refractivity contribution in [2.24, 2.45) is 0 Å². The summed E-state index contributed by atoms with van der Waals surface area (Å²) < 4.78 is 0. The van der Waals surface area contributed by atoms with Crippen LogP contribution in [0.15, 0.2) is 42.5 Å². The van der Waals surface area contributed by atoms with Crippen molar-refractivity contribution in [1.29, 1.82) is 0 Å². The maximum Gasteiger partial charge on any atom is 0.262 e. The second-order valence-corrected chi connectivity index (χ2v) is 7.68. The van der Waals surface area contributed by atoms with Gasteiger partial charge in [0.1, 0.15) is 5.78 Å². The Morgan fingerprint density at radius 3 is 2.47 bits per heavy atom. The van der Waals surface area contributed by atoms with Crippen LogP contribution in [-0.4, -0.2) is 40.2 Å². The molecule has 2 aromatic carbocycles. The van der Waals surface area contributed by atoms with E-state index in [0.29, 0.717) is 16.1 Å². The lowest BCUT2D eigenvalue weighted by Gasteiger charge is -2.27. The summed E-state index contributed by atoms with van der Waals surface area (Å²) in [4.78, 5) is 63.0. The molecule has 0 radical (unpaired) electrons. The molecule has 1 atom stereocenters. The number of carbonyl (C=O) groups is 5. The fraction of sp³-hybridized carbons (Fsp3) is 0.227. The Morgan fingerprint density at radius 2 is 1.77 bits per heavy atom. The number of amides is 3. The van der Waals surface area contributed by atoms with Crippen molar-refractivity contribution in [3.05, 3.63) is 69.7 Å². The number of ketones is 2. The molecule has 3 amide bonds. The van der Waals surface area contributed by atoms with Crippen LogP contribution in [0, 0.1) is 0 Å². The van der Waals surface area contributed by atoms with Gasteiger partial charge in [0.2, 0.25) is 0 Å². The Balaban J connectivity index is 1.56. The molecule has 0 bridgehead atoms. The number of nitrogens with zero attached hydrogens (tertiary/aromatic N) is 1.